The SMILES string of the molecule is CCc1[nH]nc(-c2cccs2)c1NC(=O)Nc1ccc(Cl)cc1. The number of hydrogen-bond acceptors (Lipinski definition) is 3. The normalized spacial score (nSPS) is 10.5. The standard InChI is InChI=1S/C16H15ClN4OS/c1-2-12-14(15(21-20-12)13-4-3-9-23-13)19-16(22)18-11-7-5-10(17)6-8-11/h3-9H,2H2,1H3,(H,20,21)(H2,18,19,22). The molecule has 0 aliphatic carbocycles. The van der Waals surface area contributed by atoms with Crippen molar-refractivity contribution in [2.45, 2.75) is 13.3 Å². The van der Waals surface area contributed by atoms with Crippen molar-refractivity contribution in [2.24, 2.45) is 0 Å². The first-order valence-electron chi connectivity index (χ1n) is 7.12. The lowest BCUT2D eigenvalue weighted by atomic mass is 10.2. The van der Waals surface area contributed by atoms with E-state index in [4.69, 9.17) is 11.6 Å². The molecule has 3 aromatic rings. The third-order valence-corrected chi connectivity index (χ3v) is 4.42. The Labute approximate surface area is 142 Å². The highest BCUT2D eigenvalue weighted by Crippen LogP contribution is 2.32. The van der Waals surface area contributed by atoms with Crippen LogP contribution in [0.15, 0.2) is 41.8 Å². The first kappa shape index (κ1) is 15.6. The van der Waals surface area contributed by atoms with Crippen LogP contribution in [0, 0.1) is 0 Å². The zero-order valence-corrected chi connectivity index (χ0v) is 14.0. The van der Waals surface area contributed by atoms with Crippen molar-refractivity contribution in [2.75, 3.05) is 10.6 Å². The lowest BCUT2D eigenvalue weighted by molar-refractivity contribution is 0.262. The number of thiophene rings is 1. The van der Waals surface area contributed by atoms with Crippen molar-refractivity contribution in [3.05, 3.63) is 52.5 Å². The van der Waals surface area contributed by atoms with Gasteiger partial charge in [0.1, 0.15) is 5.69 Å². The summed E-state index contributed by atoms with van der Waals surface area (Å²) < 4.78 is 0. The Balaban J connectivity index is 1.80. The number of halogens is 1. The lowest BCUT2D eigenvalue weighted by Gasteiger charge is -2.09. The molecule has 3 N–H and O–H groups in total. The van der Waals surface area contributed by atoms with E-state index in [1.54, 1.807) is 35.6 Å². The molecule has 1 aromatic carbocycles. The maximum absolute atomic E-state index is 12.3. The van der Waals surface area contributed by atoms with Crippen molar-refractivity contribution in [3.8, 4) is 10.6 Å². The van der Waals surface area contributed by atoms with Crippen LogP contribution in [0.25, 0.3) is 10.6 Å². The number of rotatable bonds is 4. The fourth-order valence-electron chi connectivity index (χ4n) is 2.17. The Morgan fingerprint density at radius 3 is 2.70 bits per heavy atom. The molecule has 7 heteroatoms. The van der Waals surface area contributed by atoms with Crippen LogP contribution in [0.4, 0.5) is 16.2 Å². The molecular weight excluding hydrogens is 332 g/mol. The van der Waals surface area contributed by atoms with E-state index in [0.717, 1.165) is 22.7 Å². The lowest BCUT2D eigenvalue weighted by Crippen LogP contribution is -2.20. The highest BCUT2D eigenvalue weighted by molar-refractivity contribution is 7.13. The van der Waals surface area contributed by atoms with Gasteiger partial charge in [-0.2, -0.15) is 5.10 Å². The van der Waals surface area contributed by atoms with Gasteiger partial charge in [-0.15, -0.1) is 11.3 Å². The third-order valence-electron chi connectivity index (χ3n) is 3.29. The number of urea groups is 1. The number of anilines is 2. The van der Waals surface area contributed by atoms with Crippen molar-refractivity contribution in [1.82, 2.24) is 10.2 Å². The van der Waals surface area contributed by atoms with Gasteiger partial charge in [0, 0.05) is 10.7 Å². The van der Waals surface area contributed by atoms with E-state index < -0.39 is 0 Å². The minimum atomic E-state index is -0.318. The molecule has 5 nitrogen and oxygen atoms in total. The summed E-state index contributed by atoms with van der Waals surface area (Å²) in [6.45, 7) is 2.01. The Kier molecular flexibility index (Phi) is 4.64. The minimum absolute atomic E-state index is 0.318. The smallest absolute Gasteiger partial charge is 0.308 e. The van der Waals surface area contributed by atoms with Gasteiger partial charge in [-0.3, -0.25) is 5.10 Å². The molecule has 0 saturated heterocycles. The van der Waals surface area contributed by atoms with Crippen molar-refractivity contribution in [3.63, 3.8) is 0 Å². The topological polar surface area (TPSA) is 69.8 Å². The van der Waals surface area contributed by atoms with Crippen LogP contribution in [0.1, 0.15) is 12.6 Å². The summed E-state index contributed by atoms with van der Waals surface area (Å²) in [5, 5.41) is 15.6. The number of H-pyrrole nitrogens is 1. The van der Waals surface area contributed by atoms with E-state index in [-0.39, 0.29) is 6.03 Å². The van der Waals surface area contributed by atoms with Gasteiger partial charge in [0.2, 0.25) is 0 Å². The van der Waals surface area contributed by atoms with Gasteiger partial charge >= 0.3 is 6.03 Å². The number of carbonyl (C=O) groups excluding carboxylic acids is 1. The molecule has 118 valence electrons. The fourth-order valence-corrected chi connectivity index (χ4v) is 3.02. The molecule has 2 aromatic heterocycles. The van der Waals surface area contributed by atoms with Gasteiger partial charge in [-0.05, 0) is 42.1 Å². The number of aryl methyl sites for hydroxylation is 1. The molecule has 0 aliphatic heterocycles. The maximum atomic E-state index is 12.3. The van der Waals surface area contributed by atoms with Gasteiger partial charge in [0.15, 0.2) is 0 Å². The quantitative estimate of drug-likeness (QED) is 0.622. The number of hydrogen-bond donors (Lipinski definition) is 3. The second-order valence-corrected chi connectivity index (χ2v) is 6.23. The zero-order chi connectivity index (χ0) is 16.2. The molecule has 0 spiro atoms. The predicted molar refractivity (Wildman–Crippen MR) is 95.4 cm³/mol. The molecule has 0 radical (unpaired) electrons. The first-order valence-corrected chi connectivity index (χ1v) is 8.38. The number of benzene rings is 1. The summed E-state index contributed by atoms with van der Waals surface area (Å²) in [6.07, 6.45) is 0.745. The fraction of sp³-hybridized carbons (Fsp3) is 0.125. The van der Waals surface area contributed by atoms with Crippen LogP contribution < -0.4 is 10.6 Å². The monoisotopic (exact) mass is 346 g/mol. The van der Waals surface area contributed by atoms with Gasteiger partial charge in [-0.25, -0.2) is 4.79 Å². The molecule has 0 bridgehead atoms. The second kappa shape index (κ2) is 6.85. The first-order chi connectivity index (χ1) is 11.2. The average Bonchev–Trinajstić information content (AvgIpc) is 3.18. The summed E-state index contributed by atoms with van der Waals surface area (Å²) >= 11 is 7.42. The molecule has 2 amide bonds. The number of amides is 2. The molecule has 0 atom stereocenters. The molecular formula is C16H15ClN4OS. The molecule has 3 rings (SSSR count). The minimum Gasteiger partial charge on any atom is -0.308 e. The van der Waals surface area contributed by atoms with E-state index in [0.29, 0.717) is 16.4 Å². The summed E-state index contributed by atoms with van der Waals surface area (Å²) in [5.41, 5.74) is 3.02. The van der Waals surface area contributed by atoms with E-state index in [2.05, 4.69) is 20.8 Å². The summed E-state index contributed by atoms with van der Waals surface area (Å²) in [7, 11) is 0. The van der Waals surface area contributed by atoms with Gasteiger partial charge in [-0.1, -0.05) is 24.6 Å². The van der Waals surface area contributed by atoms with Crippen LogP contribution in [0.2, 0.25) is 5.02 Å². The Morgan fingerprint density at radius 1 is 1.26 bits per heavy atom. The van der Waals surface area contributed by atoms with Gasteiger partial charge in [0.25, 0.3) is 0 Å². The van der Waals surface area contributed by atoms with Crippen LogP contribution in [0.3, 0.4) is 0 Å². The third kappa shape index (κ3) is 3.55. The van der Waals surface area contributed by atoms with E-state index in [1.807, 2.05) is 24.4 Å². The van der Waals surface area contributed by atoms with Crippen LogP contribution >= 0.6 is 22.9 Å². The molecule has 2 heterocycles. The summed E-state index contributed by atoms with van der Waals surface area (Å²) in [4.78, 5) is 13.3. The number of carbonyl (C=O) groups is 1. The molecule has 0 fully saturated rings. The van der Waals surface area contributed by atoms with Crippen molar-refractivity contribution in [1.29, 1.82) is 0 Å². The molecule has 0 saturated carbocycles. The number of aromatic nitrogens is 2. The van der Waals surface area contributed by atoms with E-state index in [9.17, 15) is 4.79 Å². The molecule has 0 aliphatic rings. The average molecular weight is 347 g/mol. The second-order valence-electron chi connectivity index (χ2n) is 4.84. The predicted octanol–water partition coefficient (Wildman–Crippen LogP) is 5.00. The molecule has 0 unspecified atom stereocenters. The van der Waals surface area contributed by atoms with Crippen molar-refractivity contribution >= 4 is 40.3 Å². The highest BCUT2D eigenvalue weighted by Gasteiger charge is 2.17. The Bertz CT molecular complexity index is 796. The van der Waals surface area contributed by atoms with Crippen LogP contribution in [-0.2, 0) is 6.42 Å². The Morgan fingerprint density at radius 2 is 2.04 bits per heavy atom. The van der Waals surface area contributed by atoms with E-state index in [1.165, 1.54) is 0 Å². The van der Waals surface area contributed by atoms with Crippen LogP contribution in [0.5, 0.6) is 0 Å². The summed E-state index contributed by atoms with van der Waals surface area (Å²) in [5.74, 6) is 0. The zero-order valence-electron chi connectivity index (χ0n) is 12.4. The summed E-state index contributed by atoms with van der Waals surface area (Å²) in [6, 6.07) is 10.6. The number of aromatic amines is 1. The van der Waals surface area contributed by atoms with E-state index >= 15 is 0 Å². The number of nitrogens with one attached hydrogen (secondary N) is 3. The highest BCUT2D eigenvalue weighted by atomic mass is 35.5. The van der Waals surface area contributed by atoms with Crippen LogP contribution in [-0.4, -0.2) is 16.2 Å². The largest absolute Gasteiger partial charge is 0.323 e. The van der Waals surface area contributed by atoms with Gasteiger partial charge in [0.05, 0.1) is 16.3 Å². The molecule has 23 heavy (non-hydrogen) atoms. The van der Waals surface area contributed by atoms with Gasteiger partial charge < -0.3 is 10.6 Å². The maximum Gasteiger partial charge on any atom is 0.323 e. The Hall–Kier alpha value is -2.31. The number of nitrogens with zero attached hydrogens (tertiary/aromatic N) is 1. The van der Waals surface area contributed by atoms with Crippen molar-refractivity contribution < 1.29 is 4.79 Å².